The fourth-order valence-corrected chi connectivity index (χ4v) is 3.98. The zero-order chi connectivity index (χ0) is 12.6. The molecule has 1 aliphatic heterocycles. The molecule has 0 radical (unpaired) electrons. The van der Waals surface area contributed by atoms with Gasteiger partial charge in [0.05, 0.1) is 16.8 Å². The molecular weight excluding hydrogens is 264 g/mol. The van der Waals surface area contributed by atoms with Crippen LogP contribution in [-0.4, -0.2) is 37.0 Å². The van der Waals surface area contributed by atoms with E-state index in [0.717, 1.165) is 0 Å². The number of hydrogen-bond acceptors (Lipinski definition) is 4. The summed E-state index contributed by atoms with van der Waals surface area (Å²) >= 11 is 5.88. The SMILES string of the molecule is Nc1cccc(Cl)c1S(=O)(=O)N1CCC(O)C1. The van der Waals surface area contributed by atoms with Crippen LogP contribution in [0.15, 0.2) is 23.1 Å². The van der Waals surface area contributed by atoms with Crippen LogP contribution in [0.2, 0.25) is 5.02 Å². The van der Waals surface area contributed by atoms with Crippen LogP contribution in [-0.2, 0) is 10.0 Å². The average Bonchev–Trinajstić information content (AvgIpc) is 2.64. The third-order valence-corrected chi connectivity index (χ3v) is 5.13. The smallest absolute Gasteiger partial charge is 0.246 e. The summed E-state index contributed by atoms with van der Waals surface area (Å²) < 4.78 is 25.7. The molecule has 0 aliphatic carbocycles. The van der Waals surface area contributed by atoms with Gasteiger partial charge in [-0.05, 0) is 18.6 Å². The molecule has 1 aromatic carbocycles. The largest absolute Gasteiger partial charge is 0.398 e. The maximum Gasteiger partial charge on any atom is 0.246 e. The molecule has 3 N–H and O–H groups in total. The minimum Gasteiger partial charge on any atom is -0.398 e. The Balaban J connectivity index is 2.45. The van der Waals surface area contributed by atoms with E-state index in [4.69, 9.17) is 17.3 Å². The predicted octanol–water partition coefficient (Wildman–Crippen LogP) is 0.678. The first-order valence-electron chi connectivity index (χ1n) is 5.15. The molecule has 2 rings (SSSR count). The number of aliphatic hydroxyl groups is 1. The fourth-order valence-electron chi connectivity index (χ4n) is 1.86. The van der Waals surface area contributed by atoms with E-state index < -0.39 is 16.1 Å². The van der Waals surface area contributed by atoms with Crippen molar-refractivity contribution in [2.75, 3.05) is 18.8 Å². The number of sulfonamides is 1. The molecule has 0 aromatic heterocycles. The monoisotopic (exact) mass is 276 g/mol. The second-order valence-corrected chi connectivity index (χ2v) is 6.25. The number of benzene rings is 1. The van der Waals surface area contributed by atoms with Gasteiger partial charge in [-0.3, -0.25) is 0 Å². The van der Waals surface area contributed by atoms with Crippen molar-refractivity contribution in [2.45, 2.75) is 17.4 Å². The Morgan fingerprint density at radius 3 is 2.71 bits per heavy atom. The molecule has 1 saturated heterocycles. The maximum atomic E-state index is 12.3. The van der Waals surface area contributed by atoms with Gasteiger partial charge in [-0.25, -0.2) is 8.42 Å². The molecule has 1 atom stereocenters. The number of aliphatic hydroxyl groups excluding tert-OH is 1. The summed E-state index contributed by atoms with van der Waals surface area (Å²) in [6.45, 7) is 0.376. The van der Waals surface area contributed by atoms with E-state index in [0.29, 0.717) is 6.42 Å². The number of nitrogen functional groups attached to an aromatic ring is 1. The highest BCUT2D eigenvalue weighted by Crippen LogP contribution is 2.31. The van der Waals surface area contributed by atoms with E-state index in [9.17, 15) is 13.5 Å². The summed E-state index contributed by atoms with van der Waals surface area (Å²) in [7, 11) is -3.72. The Labute approximate surface area is 105 Å². The molecule has 0 bridgehead atoms. The lowest BCUT2D eigenvalue weighted by Gasteiger charge is -2.17. The van der Waals surface area contributed by atoms with Crippen LogP contribution >= 0.6 is 11.6 Å². The van der Waals surface area contributed by atoms with Gasteiger partial charge in [0.2, 0.25) is 10.0 Å². The quantitative estimate of drug-likeness (QED) is 0.778. The first-order valence-corrected chi connectivity index (χ1v) is 6.97. The molecular formula is C10H13ClN2O3S. The van der Waals surface area contributed by atoms with Crippen LogP contribution in [0, 0.1) is 0 Å². The molecule has 1 fully saturated rings. The van der Waals surface area contributed by atoms with Crippen LogP contribution < -0.4 is 5.73 Å². The normalized spacial score (nSPS) is 21.9. The highest BCUT2D eigenvalue weighted by molar-refractivity contribution is 7.89. The Morgan fingerprint density at radius 1 is 1.47 bits per heavy atom. The zero-order valence-electron chi connectivity index (χ0n) is 9.01. The van der Waals surface area contributed by atoms with Crippen molar-refractivity contribution in [3.05, 3.63) is 23.2 Å². The number of anilines is 1. The summed E-state index contributed by atoms with van der Waals surface area (Å²) in [5.74, 6) is 0. The second kappa shape index (κ2) is 4.45. The topological polar surface area (TPSA) is 83.6 Å². The number of hydrogen-bond donors (Lipinski definition) is 2. The fraction of sp³-hybridized carbons (Fsp3) is 0.400. The maximum absolute atomic E-state index is 12.3. The minimum absolute atomic E-state index is 0.0734. The van der Waals surface area contributed by atoms with Gasteiger partial charge in [0, 0.05) is 13.1 Å². The van der Waals surface area contributed by atoms with Gasteiger partial charge >= 0.3 is 0 Å². The van der Waals surface area contributed by atoms with E-state index in [1.807, 2.05) is 0 Å². The van der Waals surface area contributed by atoms with Gasteiger partial charge in [-0.2, -0.15) is 4.31 Å². The highest BCUT2D eigenvalue weighted by Gasteiger charge is 2.34. The van der Waals surface area contributed by atoms with E-state index in [2.05, 4.69) is 0 Å². The van der Waals surface area contributed by atoms with E-state index in [-0.39, 0.29) is 28.7 Å². The molecule has 0 amide bonds. The number of nitrogens with two attached hydrogens (primary N) is 1. The van der Waals surface area contributed by atoms with Crippen LogP contribution in [0.3, 0.4) is 0 Å². The third kappa shape index (κ3) is 2.26. The van der Waals surface area contributed by atoms with Crippen LogP contribution in [0.1, 0.15) is 6.42 Å². The molecule has 1 aromatic rings. The lowest BCUT2D eigenvalue weighted by molar-refractivity contribution is 0.189. The van der Waals surface area contributed by atoms with Crippen molar-refractivity contribution in [2.24, 2.45) is 0 Å². The summed E-state index contributed by atoms with van der Waals surface area (Å²) in [4.78, 5) is -0.0734. The van der Waals surface area contributed by atoms with Crippen LogP contribution in [0.5, 0.6) is 0 Å². The van der Waals surface area contributed by atoms with Crippen LogP contribution in [0.4, 0.5) is 5.69 Å². The Bertz CT molecular complexity index is 512. The van der Waals surface area contributed by atoms with E-state index in [1.54, 1.807) is 6.07 Å². The van der Waals surface area contributed by atoms with Gasteiger partial charge < -0.3 is 10.8 Å². The Morgan fingerprint density at radius 2 is 2.18 bits per heavy atom. The number of nitrogens with zero attached hydrogens (tertiary/aromatic N) is 1. The molecule has 1 aliphatic rings. The van der Waals surface area contributed by atoms with Crippen LogP contribution in [0.25, 0.3) is 0 Å². The Hall–Kier alpha value is -0.820. The van der Waals surface area contributed by atoms with Crippen molar-refractivity contribution in [1.82, 2.24) is 4.31 Å². The van der Waals surface area contributed by atoms with E-state index >= 15 is 0 Å². The molecule has 1 unspecified atom stereocenters. The summed E-state index contributed by atoms with van der Waals surface area (Å²) in [5, 5.41) is 9.48. The molecule has 5 nitrogen and oxygen atoms in total. The van der Waals surface area contributed by atoms with Gasteiger partial charge in [0.1, 0.15) is 4.90 Å². The molecule has 0 spiro atoms. The van der Waals surface area contributed by atoms with Crippen molar-refractivity contribution >= 4 is 27.3 Å². The molecule has 0 saturated carbocycles. The van der Waals surface area contributed by atoms with Gasteiger partial charge in [0.25, 0.3) is 0 Å². The number of β-amino-alcohol motifs (C(OH)–C–C–N with tert-alkyl or cyclic N) is 1. The first-order chi connectivity index (χ1) is 7.93. The lowest BCUT2D eigenvalue weighted by atomic mass is 10.3. The minimum atomic E-state index is -3.72. The molecule has 7 heteroatoms. The van der Waals surface area contributed by atoms with Gasteiger partial charge in [-0.15, -0.1) is 0 Å². The summed E-state index contributed by atoms with van der Waals surface area (Å²) in [6, 6.07) is 4.57. The third-order valence-electron chi connectivity index (χ3n) is 2.72. The molecule has 1 heterocycles. The predicted molar refractivity (Wildman–Crippen MR) is 65.2 cm³/mol. The summed E-state index contributed by atoms with van der Waals surface area (Å²) in [5.41, 5.74) is 5.78. The second-order valence-electron chi connectivity index (χ2n) is 3.96. The lowest BCUT2D eigenvalue weighted by Crippen LogP contribution is -2.30. The van der Waals surface area contributed by atoms with E-state index in [1.165, 1.54) is 16.4 Å². The Kier molecular flexibility index (Phi) is 3.31. The van der Waals surface area contributed by atoms with Gasteiger partial charge in [-0.1, -0.05) is 17.7 Å². The van der Waals surface area contributed by atoms with Crippen molar-refractivity contribution in [3.8, 4) is 0 Å². The number of rotatable bonds is 2. The molecule has 17 heavy (non-hydrogen) atoms. The zero-order valence-corrected chi connectivity index (χ0v) is 10.6. The summed E-state index contributed by atoms with van der Waals surface area (Å²) in [6.07, 6.45) is -0.183. The van der Waals surface area contributed by atoms with Crippen molar-refractivity contribution in [1.29, 1.82) is 0 Å². The first kappa shape index (κ1) is 12.6. The van der Waals surface area contributed by atoms with Crippen molar-refractivity contribution in [3.63, 3.8) is 0 Å². The van der Waals surface area contributed by atoms with Gasteiger partial charge in [0.15, 0.2) is 0 Å². The van der Waals surface area contributed by atoms with Crippen molar-refractivity contribution < 1.29 is 13.5 Å². The molecule has 94 valence electrons. The standard InChI is InChI=1S/C10H13ClN2O3S/c11-8-2-1-3-9(12)10(8)17(15,16)13-5-4-7(14)6-13/h1-3,7,14H,4-6,12H2. The number of halogens is 1. The average molecular weight is 277 g/mol. The highest BCUT2D eigenvalue weighted by atomic mass is 35.5.